The van der Waals surface area contributed by atoms with Crippen LogP contribution in [0.25, 0.3) is 0 Å². The molecule has 0 aliphatic carbocycles. The summed E-state index contributed by atoms with van der Waals surface area (Å²) in [7, 11) is 2.15. The fourth-order valence-corrected chi connectivity index (χ4v) is 2.45. The molecule has 2 atom stereocenters. The van der Waals surface area contributed by atoms with Gasteiger partial charge in [-0.2, -0.15) is 0 Å². The van der Waals surface area contributed by atoms with E-state index < -0.39 is 0 Å². The Morgan fingerprint density at radius 3 is 3.00 bits per heavy atom. The number of nitrogens with one attached hydrogen (secondary N) is 1. The van der Waals surface area contributed by atoms with Gasteiger partial charge in [0.15, 0.2) is 5.82 Å². The van der Waals surface area contributed by atoms with Gasteiger partial charge >= 0.3 is 0 Å². The predicted molar refractivity (Wildman–Crippen MR) is 72.3 cm³/mol. The molecule has 1 aromatic rings. The van der Waals surface area contributed by atoms with Crippen LogP contribution in [0, 0.1) is 5.92 Å². The van der Waals surface area contributed by atoms with Crippen LogP contribution in [-0.2, 0) is 0 Å². The second-order valence-corrected chi connectivity index (χ2v) is 5.24. The zero-order chi connectivity index (χ0) is 12.4. The van der Waals surface area contributed by atoms with Gasteiger partial charge in [0, 0.05) is 12.6 Å². The molecule has 0 spiro atoms. The second kappa shape index (κ2) is 5.10. The first kappa shape index (κ1) is 12.5. The van der Waals surface area contributed by atoms with Crippen LogP contribution in [0.15, 0.2) is 12.1 Å². The van der Waals surface area contributed by atoms with Crippen LogP contribution in [0.5, 0.6) is 0 Å². The number of rotatable bonds is 2. The van der Waals surface area contributed by atoms with Gasteiger partial charge in [-0.15, -0.1) is 0 Å². The number of nitrogens with two attached hydrogens (primary N) is 1. The van der Waals surface area contributed by atoms with Gasteiger partial charge in [-0.1, -0.05) is 18.5 Å². The molecule has 1 saturated heterocycles. The molecule has 2 unspecified atom stereocenters. The highest BCUT2D eigenvalue weighted by Crippen LogP contribution is 2.24. The third-order valence-corrected chi connectivity index (χ3v) is 3.53. The summed E-state index contributed by atoms with van der Waals surface area (Å²) in [4.78, 5) is 6.58. The molecule has 1 fully saturated rings. The van der Waals surface area contributed by atoms with Crippen molar-refractivity contribution in [3.05, 3.63) is 17.3 Å². The van der Waals surface area contributed by atoms with E-state index in [1.54, 1.807) is 12.1 Å². The van der Waals surface area contributed by atoms with Crippen molar-refractivity contribution in [3.63, 3.8) is 0 Å². The summed E-state index contributed by atoms with van der Waals surface area (Å²) < 4.78 is 0. The van der Waals surface area contributed by atoms with Crippen LogP contribution >= 0.6 is 11.6 Å². The van der Waals surface area contributed by atoms with E-state index in [-0.39, 0.29) is 0 Å². The van der Waals surface area contributed by atoms with Crippen LogP contribution in [0.1, 0.15) is 13.3 Å². The normalized spacial score (nSPS) is 25.8. The minimum atomic E-state index is 0.416. The molecular weight excluding hydrogens is 236 g/mol. The number of nitrogens with zero attached hydrogens (tertiary/aromatic N) is 2. The molecule has 0 bridgehead atoms. The van der Waals surface area contributed by atoms with Crippen LogP contribution < -0.4 is 11.1 Å². The summed E-state index contributed by atoms with van der Waals surface area (Å²) in [6, 6.07) is 3.91. The number of halogens is 1. The summed E-state index contributed by atoms with van der Waals surface area (Å²) in [5.74, 6) is 1.29. The van der Waals surface area contributed by atoms with Gasteiger partial charge in [-0.3, -0.25) is 0 Å². The first-order chi connectivity index (χ1) is 8.06. The highest BCUT2D eigenvalue weighted by molar-refractivity contribution is 6.29. The lowest BCUT2D eigenvalue weighted by Gasteiger charge is -2.35. The maximum Gasteiger partial charge on any atom is 0.151 e. The Labute approximate surface area is 107 Å². The smallest absolute Gasteiger partial charge is 0.151 e. The minimum absolute atomic E-state index is 0.416. The fraction of sp³-hybridized carbons (Fsp3) is 0.583. The van der Waals surface area contributed by atoms with Crippen molar-refractivity contribution in [1.29, 1.82) is 0 Å². The lowest BCUT2D eigenvalue weighted by molar-refractivity contribution is 0.206. The zero-order valence-corrected chi connectivity index (χ0v) is 11.0. The summed E-state index contributed by atoms with van der Waals surface area (Å²) in [5.41, 5.74) is 6.54. The Bertz CT molecular complexity index is 396. The number of nitrogen functional groups attached to an aromatic ring is 1. The van der Waals surface area contributed by atoms with E-state index in [2.05, 4.69) is 29.2 Å². The van der Waals surface area contributed by atoms with E-state index >= 15 is 0 Å². The summed E-state index contributed by atoms with van der Waals surface area (Å²) in [6.45, 7) is 4.44. The standard InChI is InChI=1S/C12H19ClN4/c1-8-7-17(2)6-5-10(8)15-12-9(14)3-4-11(13)16-12/h3-4,8,10H,5-7,14H2,1-2H3,(H,15,16). The second-order valence-electron chi connectivity index (χ2n) is 4.85. The van der Waals surface area contributed by atoms with Gasteiger partial charge in [-0.05, 0) is 38.1 Å². The van der Waals surface area contributed by atoms with E-state index in [9.17, 15) is 0 Å². The van der Waals surface area contributed by atoms with E-state index in [1.165, 1.54) is 0 Å². The Morgan fingerprint density at radius 2 is 2.29 bits per heavy atom. The number of anilines is 2. The molecule has 4 nitrogen and oxygen atoms in total. The van der Waals surface area contributed by atoms with Gasteiger partial charge in [0.2, 0.25) is 0 Å². The molecule has 0 radical (unpaired) electrons. The van der Waals surface area contributed by atoms with Gasteiger partial charge in [-0.25, -0.2) is 4.98 Å². The number of likely N-dealkylation sites (tertiary alicyclic amines) is 1. The fourth-order valence-electron chi connectivity index (χ4n) is 2.31. The first-order valence-electron chi connectivity index (χ1n) is 5.93. The first-order valence-corrected chi connectivity index (χ1v) is 6.31. The number of aromatic nitrogens is 1. The molecule has 1 aromatic heterocycles. The number of hydrogen-bond donors (Lipinski definition) is 2. The van der Waals surface area contributed by atoms with E-state index in [1.807, 2.05) is 0 Å². The Balaban J connectivity index is 2.07. The van der Waals surface area contributed by atoms with Gasteiger partial charge in [0.1, 0.15) is 5.15 Å². The molecule has 17 heavy (non-hydrogen) atoms. The van der Waals surface area contributed by atoms with Gasteiger partial charge in [0.25, 0.3) is 0 Å². The van der Waals surface area contributed by atoms with Crippen molar-refractivity contribution in [2.45, 2.75) is 19.4 Å². The topological polar surface area (TPSA) is 54.2 Å². The SMILES string of the molecule is CC1CN(C)CCC1Nc1nc(Cl)ccc1N. The van der Waals surface area contributed by atoms with Crippen molar-refractivity contribution in [2.75, 3.05) is 31.2 Å². The molecule has 0 saturated carbocycles. The van der Waals surface area contributed by atoms with Crippen molar-refractivity contribution >= 4 is 23.1 Å². The largest absolute Gasteiger partial charge is 0.396 e. The molecule has 1 aliphatic rings. The third-order valence-electron chi connectivity index (χ3n) is 3.32. The number of pyridine rings is 1. The average molecular weight is 255 g/mol. The van der Waals surface area contributed by atoms with Crippen molar-refractivity contribution in [2.24, 2.45) is 5.92 Å². The van der Waals surface area contributed by atoms with E-state index in [0.29, 0.717) is 28.6 Å². The summed E-state index contributed by atoms with van der Waals surface area (Å²) in [6.07, 6.45) is 1.10. The minimum Gasteiger partial charge on any atom is -0.396 e. The van der Waals surface area contributed by atoms with Crippen LogP contribution in [0.3, 0.4) is 0 Å². The van der Waals surface area contributed by atoms with Crippen molar-refractivity contribution < 1.29 is 0 Å². The predicted octanol–water partition coefficient (Wildman–Crippen LogP) is 2.07. The quantitative estimate of drug-likeness (QED) is 0.794. The summed E-state index contributed by atoms with van der Waals surface area (Å²) >= 11 is 5.88. The molecule has 5 heteroatoms. The van der Waals surface area contributed by atoms with Crippen LogP contribution in [-0.4, -0.2) is 36.1 Å². The Morgan fingerprint density at radius 1 is 1.53 bits per heavy atom. The highest BCUT2D eigenvalue weighted by atomic mass is 35.5. The number of hydrogen-bond acceptors (Lipinski definition) is 4. The van der Waals surface area contributed by atoms with Crippen LogP contribution in [0.2, 0.25) is 5.15 Å². The Hall–Kier alpha value is -1.00. The molecule has 2 heterocycles. The molecule has 2 rings (SSSR count). The lowest BCUT2D eigenvalue weighted by atomic mass is 9.94. The molecular formula is C12H19ClN4. The third kappa shape index (κ3) is 3.01. The maximum atomic E-state index is 5.89. The van der Waals surface area contributed by atoms with Crippen molar-refractivity contribution in [1.82, 2.24) is 9.88 Å². The number of piperidine rings is 1. The molecule has 94 valence electrons. The molecule has 3 N–H and O–H groups in total. The monoisotopic (exact) mass is 254 g/mol. The van der Waals surface area contributed by atoms with Gasteiger partial charge < -0.3 is 16.0 Å². The molecule has 0 aromatic carbocycles. The zero-order valence-electron chi connectivity index (χ0n) is 10.3. The van der Waals surface area contributed by atoms with Gasteiger partial charge in [0.05, 0.1) is 5.69 Å². The average Bonchev–Trinajstić information content (AvgIpc) is 2.27. The summed E-state index contributed by atoms with van der Waals surface area (Å²) in [5, 5.41) is 3.89. The maximum absolute atomic E-state index is 5.89. The molecule has 0 amide bonds. The highest BCUT2D eigenvalue weighted by Gasteiger charge is 2.24. The van der Waals surface area contributed by atoms with Crippen LogP contribution in [0.4, 0.5) is 11.5 Å². The van der Waals surface area contributed by atoms with E-state index in [0.717, 1.165) is 19.5 Å². The van der Waals surface area contributed by atoms with Crippen molar-refractivity contribution in [3.8, 4) is 0 Å². The van der Waals surface area contributed by atoms with E-state index in [4.69, 9.17) is 17.3 Å². The Kier molecular flexibility index (Phi) is 3.74. The molecule has 1 aliphatic heterocycles. The lowest BCUT2D eigenvalue weighted by Crippen LogP contribution is -2.43.